The van der Waals surface area contributed by atoms with E-state index in [1.807, 2.05) is 0 Å². The lowest BCUT2D eigenvalue weighted by atomic mass is 10.2. The summed E-state index contributed by atoms with van der Waals surface area (Å²) < 4.78 is 0. The summed E-state index contributed by atoms with van der Waals surface area (Å²) in [6.45, 7) is 1.87. The van der Waals surface area contributed by atoms with Gasteiger partial charge in [-0.2, -0.15) is 0 Å². The number of benzene rings is 1. The third kappa shape index (κ3) is 4.18. The first kappa shape index (κ1) is 17.9. The van der Waals surface area contributed by atoms with Gasteiger partial charge in [-0.05, 0) is 30.3 Å². The van der Waals surface area contributed by atoms with Gasteiger partial charge in [0.15, 0.2) is 0 Å². The van der Waals surface area contributed by atoms with Gasteiger partial charge in [-0.3, -0.25) is 14.4 Å². The maximum atomic E-state index is 12.6. The van der Waals surface area contributed by atoms with Gasteiger partial charge in [0, 0.05) is 36.9 Å². The first-order chi connectivity index (χ1) is 12.6. The fourth-order valence-corrected chi connectivity index (χ4v) is 2.82. The fraction of sp³-hybridized carbons (Fsp3) is 0.222. The molecule has 3 amide bonds. The molecule has 1 aromatic carbocycles. The van der Waals surface area contributed by atoms with Crippen molar-refractivity contribution in [2.45, 2.75) is 0 Å². The van der Waals surface area contributed by atoms with Gasteiger partial charge >= 0.3 is 0 Å². The molecule has 1 aromatic heterocycles. The maximum Gasteiger partial charge on any atom is 0.274 e. The molecule has 2 heterocycles. The predicted molar refractivity (Wildman–Crippen MR) is 97.2 cm³/mol. The molecule has 1 aliphatic rings. The quantitative estimate of drug-likeness (QED) is 0.831. The summed E-state index contributed by atoms with van der Waals surface area (Å²) in [7, 11) is 0. The number of anilines is 1. The molecule has 0 radical (unpaired) electrons. The second kappa shape index (κ2) is 7.97. The van der Waals surface area contributed by atoms with Gasteiger partial charge in [-0.15, -0.1) is 0 Å². The van der Waals surface area contributed by atoms with Crippen molar-refractivity contribution < 1.29 is 14.4 Å². The maximum absolute atomic E-state index is 12.6. The topological polar surface area (TPSA) is 82.6 Å². The standard InChI is InChI=1S/C18H17ClN4O3/c19-13-3-1-4-14(11-13)20-17(25)15-5-2-6-16(21-15)18(26)23-9-7-22(12-24)8-10-23/h1-6,11-12H,7-10H2,(H,20,25). The summed E-state index contributed by atoms with van der Waals surface area (Å²) in [5.74, 6) is -0.680. The number of hydrogen-bond acceptors (Lipinski definition) is 4. The lowest BCUT2D eigenvalue weighted by Gasteiger charge is -2.32. The van der Waals surface area contributed by atoms with E-state index >= 15 is 0 Å². The number of piperazine rings is 1. The minimum atomic E-state index is -0.423. The number of carbonyl (C=O) groups is 3. The van der Waals surface area contributed by atoms with Crippen LogP contribution in [0, 0.1) is 0 Å². The minimum Gasteiger partial charge on any atom is -0.342 e. The van der Waals surface area contributed by atoms with Crippen LogP contribution in [0.4, 0.5) is 5.69 Å². The number of nitrogens with zero attached hydrogens (tertiary/aromatic N) is 3. The van der Waals surface area contributed by atoms with Crippen LogP contribution >= 0.6 is 11.6 Å². The molecule has 0 spiro atoms. The van der Waals surface area contributed by atoms with E-state index in [0.717, 1.165) is 6.41 Å². The Morgan fingerprint density at radius 1 is 1.04 bits per heavy atom. The van der Waals surface area contributed by atoms with Crippen molar-refractivity contribution >= 4 is 35.5 Å². The van der Waals surface area contributed by atoms with Crippen LogP contribution < -0.4 is 5.32 Å². The van der Waals surface area contributed by atoms with Gasteiger partial charge in [0.25, 0.3) is 11.8 Å². The lowest BCUT2D eigenvalue weighted by molar-refractivity contribution is -0.119. The van der Waals surface area contributed by atoms with Crippen LogP contribution in [0.2, 0.25) is 5.02 Å². The average molecular weight is 373 g/mol. The van der Waals surface area contributed by atoms with E-state index in [2.05, 4.69) is 10.3 Å². The SMILES string of the molecule is O=CN1CCN(C(=O)c2cccc(C(=O)Nc3cccc(Cl)c3)n2)CC1. The Balaban J connectivity index is 1.70. The molecular weight excluding hydrogens is 356 g/mol. The number of hydrogen-bond donors (Lipinski definition) is 1. The van der Waals surface area contributed by atoms with E-state index in [-0.39, 0.29) is 17.3 Å². The molecule has 1 N–H and O–H groups in total. The summed E-state index contributed by atoms with van der Waals surface area (Å²) in [6.07, 6.45) is 0.779. The molecule has 0 saturated carbocycles. The van der Waals surface area contributed by atoms with Crippen molar-refractivity contribution in [3.63, 3.8) is 0 Å². The van der Waals surface area contributed by atoms with Gasteiger partial charge in [0.1, 0.15) is 11.4 Å². The number of halogens is 1. The fourth-order valence-electron chi connectivity index (χ4n) is 2.63. The highest BCUT2D eigenvalue weighted by Gasteiger charge is 2.23. The third-order valence-electron chi connectivity index (χ3n) is 4.03. The van der Waals surface area contributed by atoms with Crippen molar-refractivity contribution in [3.05, 3.63) is 58.9 Å². The van der Waals surface area contributed by atoms with Crippen molar-refractivity contribution in [1.29, 1.82) is 0 Å². The molecule has 1 fully saturated rings. The van der Waals surface area contributed by atoms with Gasteiger partial charge in [-0.1, -0.05) is 23.7 Å². The van der Waals surface area contributed by atoms with E-state index in [4.69, 9.17) is 11.6 Å². The van der Waals surface area contributed by atoms with Crippen LogP contribution in [0.25, 0.3) is 0 Å². The highest BCUT2D eigenvalue weighted by Crippen LogP contribution is 2.16. The van der Waals surface area contributed by atoms with Crippen molar-refractivity contribution in [1.82, 2.24) is 14.8 Å². The predicted octanol–water partition coefficient (Wildman–Crippen LogP) is 1.90. The second-order valence-electron chi connectivity index (χ2n) is 5.81. The van der Waals surface area contributed by atoms with E-state index < -0.39 is 5.91 Å². The summed E-state index contributed by atoms with van der Waals surface area (Å²) in [6, 6.07) is 11.5. The molecule has 134 valence electrons. The van der Waals surface area contributed by atoms with E-state index in [1.165, 1.54) is 0 Å². The number of pyridine rings is 1. The number of aromatic nitrogens is 1. The van der Waals surface area contributed by atoms with Gasteiger partial charge in [0.2, 0.25) is 6.41 Å². The summed E-state index contributed by atoms with van der Waals surface area (Å²) >= 11 is 5.91. The molecular formula is C18H17ClN4O3. The highest BCUT2D eigenvalue weighted by molar-refractivity contribution is 6.30. The Hall–Kier alpha value is -2.93. The van der Waals surface area contributed by atoms with Crippen molar-refractivity contribution in [2.75, 3.05) is 31.5 Å². The van der Waals surface area contributed by atoms with Crippen LogP contribution in [-0.2, 0) is 4.79 Å². The molecule has 0 unspecified atom stereocenters. The Morgan fingerprint density at radius 3 is 2.42 bits per heavy atom. The number of rotatable bonds is 4. The third-order valence-corrected chi connectivity index (χ3v) is 4.27. The molecule has 1 saturated heterocycles. The summed E-state index contributed by atoms with van der Waals surface area (Å²) in [5.41, 5.74) is 0.886. The second-order valence-corrected chi connectivity index (χ2v) is 6.24. The van der Waals surface area contributed by atoms with Crippen LogP contribution in [-0.4, -0.2) is 59.2 Å². The molecule has 26 heavy (non-hydrogen) atoms. The Labute approximate surface area is 155 Å². The zero-order valence-corrected chi connectivity index (χ0v) is 14.6. The van der Waals surface area contributed by atoms with Crippen molar-refractivity contribution in [3.8, 4) is 0 Å². The Morgan fingerprint density at radius 2 is 1.73 bits per heavy atom. The minimum absolute atomic E-state index is 0.141. The van der Waals surface area contributed by atoms with Gasteiger partial charge in [-0.25, -0.2) is 4.98 Å². The summed E-state index contributed by atoms with van der Waals surface area (Å²) in [4.78, 5) is 43.1. The molecule has 0 bridgehead atoms. The zero-order chi connectivity index (χ0) is 18.5. The van der Waals surface area contributed by atoms with Crippen LogP contribution in [0.5, 0.6) is 0 Å². The Kier molecular flexibility index (Phi) is 5.48. The summed E-state index contributed by atoms with van der Waals surface area (Å²) in [5, 5.41) is 3.21. The van der Waals surface area contributed by atoms with Crippen LogP contribution in [0.3, 0.4) is 0 Å². The monoisotopic (exact) mass is 372 g/mol. The normalized spacial score (nSPS) is 14.0. The molecule has 0 aliphatic carbocycles. The largest absolute Gasteiger partial charge is 0.342 e. The van der Waals surface area contributed by atoms with E-state index in [0.29, 0.717) is 36.9 Å². The molecule has 3 rings (SSSR count). The molecule has 7 nitrogen and oxygen atoms in total. The van der Waals surface area contributed by atoms with Crippen LogP contribution in [0.15, 0.2) is 42.5 Å². The van der Waals surface area contributed by atoms with E-state index in [1.54, 1.807) is 52.3 Å². The van der Waals surface area contributed by atoms with Gasteiger partial charge in [0.05, 0.1) is 0 Å². The lowest BCUT2D eigenvalue weighted by Crippen LogP contribution is -2.48. The number of amides is 3. The van der Waals surface area contributed by atoms with Crippen LogP contribution in [0.1, 0.15) is 21.0 Å². The molecule has 8 heteroatoms. The first-order valence-corrected chi connectivity index (χ1v) is 8.47. The van der Waals surface area contributed by atoms with E-state index in [9.17, 15) is 14.4 Å². The number of carbonyl (C=O) groups excluding carboxylic acids is 3. The highest BCUT2D eigenvalue weighted by atomic mass is 35.5. The van der Waals surface area contributed by atoms with Crippen molar-refractivity contribution in [2.24, 2.45) is 0 Å². The number of nitrogens with one attached hydrogen (secondary N) is 1. The molecule has 2 aromatic rings. The first-order valence-electron chi connectivity index (χ1n) is 8.09. The smallest absolute Gasteiger partial charge is 0.274 e. The molecule has 1 aliphatic heterocycles. The average Bonchev–Trinajstić information content (AvgIpc) is 2.67. The Bertz CT molecular complexity index is 835. The molecule has 0 atom stereocenters. The zero-order valence-electron chi connectivity index (χ0n) is 13.9. The van der Waals surface area contributed by atoms with Gasteiger partial charge < -0.3 is 15.1 Å².